The number of nitrogens with one attached hydrogen (secondary N) is 1. The maximum atomic E-state index is 12.0. The number of ether oxygens (including phenoxy) is 2. The lowest BCUT2D eigenvalue weighted by Crippen LogP contribution is -2.61. The summed E-state index contributed by atoms with van der Waals surface area (Å²) in [5, 5.41) is 1.24. The molecule has 2 aromatic rings. The fraction of sp³-hybridized carbons (Fsp3) is 0.450. The standard InChI is InChI=1S/C20H22N2O3.H2/c1-20-7-5-12(23)9-18(20)22-8-6-14-15-10-13(24-2)3-4-16(15)21-19(14)17(22)11-25-20;/h3-5,7,10,17-18,21H,6,8-9,11H2,1-2H3;1H/t17-,18-,20+;/m1./s1. The van der Waals surface area contributed by atoms with Gasteiger partial charge in [0.1, 0.15) is 5.75 Å². The number of hydrogen-bond donors (Lipinski definition) is 1. The van der Waals surface area contributed by atoms with Crippen molar-refractivity contribution in [3.05, 3.63) is 41.6 Å². The number of nitrogens with zero attached hydrogens (tertiary/aromatic N) is 1. The Morgan fingerprint density at radius 1 is 1.44 bits per heavy atom. The van der Waals surface area contributed by atoms with Crippen LogP contribution < -0.4 is 4.74 Å². The molecule has 0 bridgehead atoms. The predicted octanol–water partition coefficient (Wildman–Crippen LogP) is 3.01. The average molecular weight is 340 g/mol. The van der Waals surface area contributed by atoms with Crippen LogP contribution in [-0.4, -0.2) is 47.6 Å². The molecule has 2 aliphatic heterocycles. The number of aromatic nitrogens is 1. The SMILES string of the molecule is COc1ccc2[nH]c3c(c2c1)CCN1[C@@H]3CO[C@@]2(C)C=CC(=O)C[C@@H]12.[HH]. The van der Waals surface area contributed by atoms with E-state index in [0.29, 0.717) is 13.0 Å². The molecule has 1 saturated heterocycles. The van der Waals surface area contributed by atoms with Gasteiger partial charge in [0.25, 0.3) is 0 Å². The van der Waals surface area contributed by atoms with E-state index in [2.05, 4.69) is 28.9 Å². The number of hydrogen-bond acceptors (Lipinski definition) is 4. The van der Waals surface area contributed by atoms with E-state index in [4.69, 9.17) is 9.47 Å². The van der Waals surface area contributed by atoms with Gasteiger partial charge in [-0.1, -0.05) is 0 Å². The number of carbonyl (C=O) groups excluding carboxylic acids is 1. The minimum atomic E-state index is -0.364. The zero-order chi connectivity index (χ0) is 17.2. The number of fused-ring (bicyclic) bond motifs is 7. The van der Waals surface area contributed by atoms with Gasteiger partial charge in [0, 0.05) is 37.0 Å². The van der Waals surface area contributed by atoms with Crippen LogP contribution in [0.25, 0.3) is 10.9 Å². The first-order valence-electron chi connectivity index (χ1n) is 8.89. The molecule has 3 heterocycles. The summed E-state index contributed by atoms with van der Waals surface area (Å²) in [6.07, 6.45) is 5.14. The maximum absolute atomic E-state index is 12.0. The second-order valence-corrected chi connectivity index (χ2v) is 7.45. The monoisotopic (exact) mass is 340 g/mol. The van der Waals surface area contributed by atoms with E-state index < -0.39 is 0 Å². The molecular weight excluding hydrogens is 316 g/mol. The Morgan fingerprint density at radius 3 is 3.16 bits per heavy atom. The summed E-state index contributed by atoms with van der Waals surface area (Å²) in [4.78, 5) is 18.1. The van der Waals surface area contributed by atoms with E-state index in [1.54, 1.807) is 13.2 Å². The van der Waals surface area contributed by atoms with Crippen molar-refractivity contribution in [3.63, 3.8) is 0 Å². The van der Waals surface area contributed by atoms with Crippen LogP contribution in [0.4, 0.5) is 0 Å². The predicted molar refractivity (Wildman–Crippen MR) is 97.0 cm³/mol. The summed E-state index contributed by atoms with van der Waals surface area (Å²) >= 11 is 0. The lowest BCUT2D eigenvalue weighted by Gasteiger charge is -2.53. The highest BCUT2D eigenvalue weighted by molar-refractivity contribution is 5.91. The highest BCUT2D eigenvalue weighted by Gasteiger charge is 2.49. The summed E-state index contributed by atoms with van der Waals surface area (Å²) in [7, 11) is 1.70. The van der Waals surface area contributed by atoms with Gasteiger partial charge in [-0.05, 0) is 49.3 Å². The molecule has 0 spiro atoms. The zero-order valence-electron chi connectivity index (χ0n) is 14.5. The van der Waals surface area contributed by atoms with Crippen molar-refractivity contribution in [2.45, 2.75) is 37.5 Å². The molecular formula is C20H24N2O3. The Balaban J connectivity index is 0.00000168. The van der Waals surface area contributed by atoms with E-state index in [1.165, 1.54) is 16.6 Å². The smallest absolute Gasteiger partial charge is 0.157 e. The topological polar surface area (TPSA) is 54.6 Å². The molecule has 0 unspecified atom stereocenters. The van der Waals surface area contributed by atoms with Crippen molar-refractivity contribution in [1.29, 1.82) is 0 Å². The quantitative estimate of drug-likeness (QED) is 0.867. The molecule has 132 valence electrons. The van der Waals surface area contributed by atoms with Crippen molar-refractivity contribution in [1.82, 2.24) is 9.88 Å². The minimum Gasteiger partial charge on any atom is -0.497 e. The third-order valence-corrected chi connectivity index (χ3v) is 6.11. The van der Waals surface area contributed by atoms with Crippen LogP contribution in [0.3, 0.4) is 0 Å². The van der Waals surface area contributed by atoms with Crippen LogP contribution in [-0.2, 0) is 16.0 Å². The van der Waals surface area contributed by atoms with Gasteiger partial charge in [-0.2, -0.15) is 0 Å². The van der Waals surface area contributed by atoms with E-state index >= 15 is 0 Å². The summed E-state index contributed by atoms with van der Waals surface area (Å²) in [6.45, 7) is 3.69. The number of morpholine rings is 1. The molecule has 1 aromatic heterocycles. The fourth-order valence-corrected chi connectivity index (χ4v) is 4.72. The van der Waals surface area contributed by atoms with E-state index in [0.717, 1.165) is 24.2 Å². The summed E-state index contributed by atoms with van der Waals surface area (Å²) in [6, 6.07) is 6.47. The second kappa shape index (κ2) is 5.19. The van der Waals surface area contributed by atoms with E-state index in [9.17, 15) is 4.79 Å². The highest BCUT2D eigenvalue weighted by atomic mass is 16.5. The Kier molecular flexibility index (Phi) is 3.15. The van der Waals surface area contributed by atoms with E-state index in [1.807, 2.05) is 12.1 Å². The van der Waals surface area contributed by atoms with Gasteiger partial charge < -0.3 is 14.5 Å². The Bertz CT molecular complexity index is 906. The zero-order valence-corrected chi connectivity index (χ0v) is 14.5. The number of allylic oxidation sites excluding steroid dienone is 1. The molecule has 0 saturated carbocycles. The molecule has 25 heavy (non-hydrogen) atoms. The van der Waals surface area contributed by atoms with Crippen molar-refractivity contribution in [3.8, 4) is 5.75 Å². The van der Waals surface area contributed by atoms with Gasteiger partial charge in [-0.25, -0.2) is 0 Å². The Labute approximate surface area is 148 Å². The first-order valence-corrected chi connectivity index (χ1v) is 8.89. The fourth-order valence-electron chi connectivity index (χ4n) is 4.72. The van der Waals surface area contributed by atoms with Crippen molar-refractivity contribution in [2.24, 2.45) is 0 Å². The molecule has 0 amide bonds. The number of ketones is 1. The number of carbonyl (C=O) groups is 1. The first-order chi connectivity index (χ1) is 12.1. The molecule has 5 nitrogen and oxygen atoms in total. The number of aromatic amines is 1. The van der Waals surface area contributed by atoms with Crippen LogP contribution in [0.15, 0.2) is 30.4 Å². The maximum Gasteiger partial charge on any atom is 0.157 e. The number of benzene rings is 1. The minimum absolute atomic E-state index is 0. The molecule has 3 atom stereocenters. The van der Waals surface area contributed by atoms with Gasteiger partial charge in [0.05, 0.1) is 25.4 Å². The number of H-pyrrole nitrogens is 1. The normalized spacial score (nSPS) is 31.5. The lowest BCUT2D eigenvalue weighted by molar-refractivity contribution is -0.154. The molecule has 1 N–H and O–H groups in total. The van der Waals surface area contributed by atoms with Crippen LogP contribution >= 0.6 is 0 Å². The molecule has 1 aliphatic carbocycles. The van der Waals surface area contributed by atoms with Gasteiger partial charge >= 0.3 is 0 Å². The van der Waals surface area contributed by atoms with E-state index in [-0.39, 0.29) is 24.9 Å². The van der Waals surface area contributed by atoms with Crippen molar-refractivity contribution >= 4 is 16.7 Å². The summed E-state index contributed by atoms with van der Waals surface area (Å²) in [5.74, 6) is 1.08. The molecule has 5 rings (SSSR count). The van der Waals surface area contributed by atoms with Gasteiger partial charge in [-0.15, -0.1) is 0 Å². The Hall–Kier alpha value is -2.11. The number of methoxy groups -OCH3 is 1. The third-order valence-electron chi connectivity index (χ3n) is 6.11. The molecule has 0 radical (unpaired) electrons. The van der Waals surface area contributed by atoms with Crippen molar-refractivity contribution < 1.29 is 15.7 Å². The van der Waals surface area contributed by atoms with Crippen LogP contribution in [0.2, 0.25) is 0 Å². The van der Waals surface area contributed by atoms with Crippen molar-refractivity contribution in [2.75, 3.05) is 20.3 Å². The second-order valence-electron chi connectivity index (χ2n) is 7.45. The van der Waals surface area contributed by atoms with Crippen LogP contribution in [0, 0.1) is 0 Å². The summed E-state index contributed by atoms with van der Waals surface area (Å²) < 4.78 is 11.7. The van der Waals surface area contributed by atoms with Gasteiger partial charge in [-0.3, -0.25) is 9.69 Å². The number of rotatable bonds is 1. The first kappa shape index (κ1) is 15.2. The van der Waals surface area contributed by atoms with Gasteiger partial charge in [0.2, 0.25) is 0 Å². The van der Waals surface area contributed by atoms with Gasteiger partial charge in [0.15, 0.2) is 5.78 Å². The molecule has 1 aromatic carbocycles. The van der Waals surface area contributed by atoms with Crippen LogP contribution in [0.5, 0.6) is 5.75 Å². The highest BCUT2D eigenvalue weighted by Crippen LogP contribution is 2.44. The third kappa shape index (κ3) is 2.12. The largest absolute Gasteiger partial charge is 0.497 e. The molecule has 1 fully saturated rings. The molecule has 3 aliphatic rings. The van der Waals surface area contributed by atoms with Crippen LogP contribution in [0.1, 0.15) is 32.1 Å². The Morgan fingerprint density at radius 2 is 2.32 bits per heavy atom. The molecule has 5 heteroatoms. The summed E-state index contributed by atoms with van der Waals surface area (Å²) in [5.41, 5.74) is 3.37. The average Bonchev–Trinajstić information content (AvgIpc) is 3.00. The lowest BCUT2D eigenvalue weighted by atomic mass is 9.81.